The third kappa shape index (κ3) is 7.18. The predicted molar refractivity (Wildman–Crippen MR) is 144 cm³/mol. The summed E-state index contributed by atoms with van der Waals surface area (Å²) in [5, 5.41) is 10.2. The Morgan fingerprint density at radius 3 is 2.41 bits per heavy atom. The molecule has 8 heteroatoms. The van der Waals surface area contributed by atoms with Crippen molar-refractivity contribution in [3.8, 4) is 17.0 Å². The van der Waals surface area contributed by atoms with Crippen LogP contribution in [0.4, 0.5) is 10.1 Å². The number of aromatic nitrogens is 2. The van der Waals surface area contributed by atoms with Crippen molar-refractivity contribution in [2.75, 3.05) is 24.6 Å². The second-order valence-corrected chi connectivity index (χ2v) is 12.0. The van der Waals surface area contributed by atoms with Crippen molar-refractivity contribution in [1.82, 2.24) is 9.97 Å². The van der Waals surface area contributed by atoms with Crippen molar-refractivity contribution in [3.05, 3.63) is 35.5 Å². The highest BCUT2D eigenvalue weighted by atomic mass is 19.1. The van der Waals surface area contributed by atoms with Gasteiger partial charge in [-0.05, 0) is 57.9 Å². The van der Waals surface area contributed by atoms with Gasteiger partial charge in [0, 0.05) is 47.9 Å². The maximum absolute atomic E-state index is 15.1. The number of aliphatic carboxylic acids is 1. The van der Waals surface area contributed by atoms with Crippen LogP contribution in [-0.4, -0.2) is 46.3 Å². The van der Waals surface area contributed by atoms with Gasteiger partial charge < -0.3 is 19.5 Å². The van der Waals surface area contributed by atoms with E-state index in [9.17, 15) is 9.90 Å². The summed E-state index contributed by atoms with van der Waals surface area (Å²) in [5.41, 5.74) is 2.42. The number of carboxylic acid groups (broad SMARTS) is 1. The Bertz CT molecular complexity index is 1100. The van der Waals surface area contributed by atoms with Crippen LogP contribution in [0.2, 0.25) is 0 Å². The lowest BCUT2D eigenvalue weighted by Gasteiger charge is -2.40. The Morgan fingerprint density at radius 1 is 1.22 bits per heavy atom. The van der Waals surface area contributed by atoms with Gasteiger partial charge in [0.25, 0.3) is 0 Å². The van der Waals surface area contributed by atoms with Crippen molar-refractivity contribution in [1.29, 1.82) is 0 Å². The second kappa shape index (κ2) is 11.3. The quantitative estimate of drug-likeness (QED) is 0.404. The zero-order valence-corrected chi connectivity index (χ0v) is 23.5. The molecule has 1 aliphatic rings. The van der Waals surface area contributed by atoms with E-state index in [0.717, 1.165) is 32.4 Å². The summed E-state index contributed by atoms with van der Waals surface area (Å²) in [4.78, 5) is 23.5. The number of halogens is 1. The van der Waals surface area contributed by atoms with Crippen LogP contribution in [0.5, 0.6) is 5.88 Å². The van der Waals surface area contributed by atoms with Crippen LogP contribution in [0.3, 0.4) is 0 Å². The Morgan fingerprint density at radius 2 is 1.86 bits per heavy atom. The number of anilines is 1. The molecule has 0 radical (unpaired) electrons. The Kier molecular flexibility index (Phi) is 8.83. The predicted octanol–water partition coefficient (Wildman–Crippen LogP) is 6.58. The summed E-state index contributed by atoms with van der Waals surface area (Å²) in [5.74, 6) is -1.40. The van der Waals surface area contributed by atoms with E-state index in [4.69, 9.17) is 9.47 Å². The highest BCUT2D eigenvalue weighted by molar-refractivity contribution is 5.86. The lowest BCUT2D eigenvalue weighted by Crippen LogP contribution is -2.39. The van der Waals surface area contributed by atoms with Gasteiger partial charge in [0.15, 0.2) is 11.9 Å². The van der Waals surface area contributed by atoms with E-state index in [-0.39, 0.29) is 17.2 Å². The molecule has 2 atom stereocenters. The van der Waals surface area contributed by atoms with Gasteiger partial charge in [0.05, 0.1) is 17.9 Å². The van der Waals surface area contributed by atoms with Gasteiger partial charge >= 0.3 is 5.97 Å². The number of aryl methyl sites for hydroxylation is 1. The number of rotatable bonds is 9. The number of ether oxygens (including phenoxy) is 2. The number of hydrogen-bond donors (Lipinski definition) is 1. The second-order valence-electron chi connectivity index (χ2n) is 12.0. The van der Waals surface area contributed by atoms with Gasteiger partial charge in [-0.3, -0.25) is 4.98 Å². The molecule has 1 fully saturated rings. The SMILES string of the molecule is CCC(C)COc1ncc(-c2cnc(C)c(C(OC(C)(C)C)C(=O)O)c2N2CCC(C)(C)CC2)cc1F. The van der Waals surface area contributed by atoms with Crippen molar-refractivity contribution < 1.29 is 23.8 Å². The maximum atomic E-state index is 15.1. The standard InChI is InChI=1S/C29H42FN3O4/c1-9-18(2)17-36-26-22(30)14-20(15-32-26)21-16-31-19(3)23(25(27(34)35)37-28(4,5)6)24(21)33-12-10-29(7,8)11-13-33/h14-16,18,25H,9-13,17H2,1-8H3,(H,34,35). The minimum Gasteiger partial charge on any atom is -0.479 e. The number of piperidine rings is 1. The molecule has 3 heterocycles. The summed E-state index contributed by atoms with van der Waals surface area (Å²) >= 11 is 0. The van der Waals surface area contributed by atoms with E-state index in [1.165, 1.54) is 6.07 Å². The molecule has 0 saturated carbocycles. The Labute approximate surface area is 220 Å². The fourth-order valence-corrected chi connectivity index (χ4v) is 4.41. The number of nitrogens with zero attached hydrogens (tertiary/aromatic N) is 3. The van der Waals surface area contributed by atoms with Crippen LogP contribution in [0.15, 0.2) is 18.5 Å². The maximum Gasteiger partial charge on any atom is 0.337 e. The van der Waals surface area contributed by atoms with Gasteiger partial charge in [-0.25, -0.2) is 14.2 Å². The fourth-order valence-electron chi connectivity index (χ4n) is 4.41. The molecule has 1 saturated heterocycles. The smallest absolute Gasteiger partial charge is 0.337 e. The molecular formula is C29H42FN3O4. The first-order valence-electron chi connectivity index (χ1n) is 13.2. The van der Waals surface area contributed by atoms with Crippen molar-refractivity contribution >= 4 is 11.7 Å². The number of carboxylic acids is 1. The van der Waals surface area contributed by atoms with Crippen LogP contribution < -0.4 is 9.64 Å². The van der Waals surface area contributed by atoms with E-state index in [1.807, 2.05) is 27.7 Å². The Hall–Kier alpha value is -2.74. The largest absolute Gasteiger partial charge is 0.479 e. The molecule has 2 aromatic rings. The molecule has 0 aliphatic carbocycles. The van der Waals surface area contributed by atoms with Gasteiger partial charge in [0.2, 0.25) is 5.88 Å². The summed E-state index contributed by atoms with van der Waals surface area (Å²) in [7, 11) is 0. The molecule has 204 valence electrons. The van der Waals surface area contributed by atoms with Gasteiger partial charge in [-0.1, -0.05) is 34.1 Å². The third-order valence-corrected chi connectivity index (χ3v) is 7.00. The summed E-state index contributed by atoms with van der Waals surface area (Å²) in [6.07, 6.45) is 4.84. The van der Waals surface area contributed by atoms with Crippen molar-refractivity contribution in [3.63, 3.8) is 0 Å². The lowest BCUT2D eigenvalue weighted by molar-refractivity contribution is -0.160. The molecule has 0 amide bonds. The van der Waals surface area contributed by atoms with E-state index in [0.29, 0.717) is 34.7 Å². The first-order valence-corrected chi connectivity index (χ1v) is 13.2. The number of pyridine rings is 2. The average molecular weight is 516 g/mol. The normalized spacial score (nSPS) is 17.4. The van der Waals surface area contributed by atoms with E-state index in [1.54, 1.807) is 19.3 Å². The van der Waals surface area contributed by atoms with Gasteiger partial charge in [-0.2, -0.15) is 0 Å². The monoisotopic (exact) mass is 515 g/mol. The van der Waals surface area contributed by atoms with Crippen LogP contribution in [-0.2, 0) is 9.53 Å². The van der Waals surface area contributed by atoms with Crippen molar-refractivity contribution in [2.24, 2.45) is 11.3 Å². The fraction of sp³-hybridized carbons (Fsp3) is 0.621. The molecule has 3 rings (SSSR count). The molecule has 0 spiro atoms. The van der Waals surface area contributed by atoms with Gasteiger partial charge in [-0.15, -0.1) is 0 Å². The first kappa shape index (κ1) is 28.8. The number of carbonyl (C=O) groups is 1. The molecule has 2 aromatic heterocycles. The molecule has 0 aromatic carbocycles. The minimum atomic E-state index is -1.23. The molecule has 37 heavy (non-hydrogen) atoms. The molecule has 0 bridgehead atoms. The van der Waals surface area contributed by atoms with E-state index < -0.39 is 23.5 Å². The van der Waals surface area contributed by atoms with Gasteiger partial charge in [0.1, 0.15) is 0 Å². The molecule has 2 unspecified atom stereocenters. The van der Waals surface area contributed by atoms with E-state index in [2.05, 4.69) is 35.6 Å². The Balaban J connectivity index is 2.15. The van der Waals surface area contributed by atoms with E-state index >= 15 is 4.39 Å². The lowest BCUT2D eigenvalue weighted by atomic mass is 9.82. The number of hydrogen-bond acceptors (Lipinski definition) is 6. The van der Waals surface area contributed by atoms with Crippen LogP contribution >= 0.6 is 0 Å². The molecule has 1 aliphatic heterocycles. The highest BCUT2D eigenvalue weighted by Gasteiger charge is 2.36. The highest BCUT2D eigenvalue weighted by Crippen LogP contribution is 2.43. The van der Waals surface area contributed by atoms with Crippen LogP contribution in [0.1, 0.15) is 85.1 Å². The average Bonchev–Trinajstić information content (AvgIpc) is 2.81. The molecule has 7 nitrogen and oxygen atoms in total. The van der Waals surface area contributed by atoms with Crippen LogP contribution in [0, 0.1) is 24.1 Å². The van der Waals surface area contributed by atoms with Crippen LogP contribution in [0.25, 0.3) is 11.1 Å². The summed E-state index contributed by atoms with van der Waals surface area (Å²) < 4.78 is 26.8. The summed E-state index contributed by atoms with van der Waals surface area (Å²) in [6.45, 7) is 17.7. The topological polar surface area (TPSA) is 84.8 Å². The third-order valence-electron chi connectivity index (χ3n) is 7.00. The molecular weight excluding hydrogens is 473 g/mol. The zero-order valence-electron chi connectivity index (χ0n) is 23.5. The first-order chi connectivity index (χ1) is 17.2. The molecule has 1 N–H and O–H groups in total. The zero-order chi connectivity index (χ0) is 27.5. The summed E-state index contributed by atoms with van der Waals surface area (Å²) in [6, 6.07) is 1.40. The minimum absolute atomic E-state index is 0.0369. The van der Waals surface area contributed by atoms with Crippen molar-refractivity contribution in [2.45, 2.75) is 86.4 Å².